The van der Waals surface area contributed by atoms with Gasteiger partial charge in [0.2, 0.25) is 11.5 Å². The zero-order chi connectivity index (χ0) is 20.7. The summed E-state index contributed by atoms with van der Waals surface area (Å²) in [5.41, 5.74) is 2.91. The Bertz CT molecular complexity index is 1170. The molecule has 0 radical (unpaired) electrons. The van der Waals surface area contributed by atoms with Gasteiger partial charge in [0.25, 0.3) is 0 Å². The van der Waals surface area contributed by atoms with Crippen LogP contribution in [-0.2, 0) is 10.4 Å². The normalized spacial score (nSPS) is 23.5. The molecule has 0 amide bonds. The highest BCUT2D eigenvalue weighted by Crippen LogP contribution is 2.49. The lowest BCUT2D eigenvalue weighted by atomic mass is 9.98. The molecule has 2 unspecified atom stereocenters. The van der Waals surface area contributed by atoms with Crippen LogP contribution in [-0.4, -0.2) is 27.9 Å². The van der Waals surface area contributed by atoms with Gasteiger partial charge < -0.3 is 14.5 Å². The van der Waals surface area contributed by atoms with E-state index in [0.29, 0.717) is 5.88 Å². The molecule has 4 aromatic rings. The van der Waals surface area contributed by atoms with Crippen LogP contribution in [0.25, 0.3) is 5.70 Å². The van der Waals surface area contributed by atoms with E-state index in [1.165, 1.54) is 0 Å². The number of H-pyrrole nitrogens is 1. The molecule has 2 aliphatic heterocycles. The van der Waals surface area contributed by atoms with E-state index in [2.05, 4.69) is 37.9 Å². The number of nitrogens with one attached hydrogen (secondary N) is 2. The van der Waals surface area contributed by atoms with Crippen LogP contribution in [0.3, 0.4) is 0 Å². The molecule has 0 aliphatic carbocycles. The number of hydrogen-bond donors (Lipinski definition) is 2. The topological polar surface area (TPSA) is 79.2 Å². The van der Waals surface area contributed by atoms with Crippen molar-refractivity contribution in [3.8, 4) is 0 Å². The van der Waals surface area contributed by atoms with E-state index in [4.69, 9.17) is 14.1 Å². The number of pyridine rings is 1. The number of anilines is 1. The summed E-state index contributed by atoms with van der Waals surface area (Å²) < 4.78 is 12.2. The lowest BCUT2D eigenvalue weighted by Gasteiger charge is -2.39. The fourth-order valence-electron chi connectivity index (χ4n) is 4.52. The summed E-state index contributed by atoms with van der Waals surface area (Å²) >= 11 is 1.70. The quantitative estimate of drug-likeness (QED) is 0.490. The van der Waals surface area contributed by atoms with E-state index in [-0.39, 0.29) is 6.10 Å². The van der Waals surface area contributed by atoms with Gasteiger partial charge in [-0.1, -0.05) is 12.1 Å². The van der Waals surface area contributed by atoms with Crippen LogP contribution >= 0.6 is 11.3 Å². The molecular formula is C23H21N5O2S. The second kappa shape index (κ2) is 7.40. The number of nitrogens with zero attached hydrogens (tertiary/aromatic N) is 3. The molecule has 7 nitrogen and oxygen atoms in total. The Morgan fingerprint density at radius 1 is 1.10 bits per heavy atom. The van der Waals surface area contributed by atoms with Gasteiger partial charge in [-0.15, -0.1) is 11.3 Å². The molecule has 2 N–H and O–H groups in total. The minimum Gasteiger partial charge on any atom is -0.448 e. The van der Waals surface area contributed by atoms with Gasteiger partial charge >= 0.3 is 0 Å². The summed E-state index contributed by atoms with van der Waals surface area (Å²) in [6.45, 7) is 0.749. The molecule has 156 valence electrons. The van der Waals surface area contributed by atoms with Gasteiger partial charge in [-0.3, -0.25) is 15.0 Å². The van der Waals surface area contributed by atoms with Crippen molar-refractivity contribution in [1.29, 1.82) is 0 Å². The van der Waals surface area contributed by atoms with Crippen LogP contribution in [0, 0.1) is 0 Å². The van der Waals surface area contributed by atoms with Crippen molar-refractivity contribution in [3.63, 3.8) is 0 Å². The summed E-state index contributed by atoms with van der Waals surface area (Å²) in [4.78, 5) is 8.09. The second-order valence-electron chi connectivity index (χ2n) is 7.55. The van der Waals surface area contributed by atoms with E-state index >= 15 is 0 Å². The van der Waals surface area contributed by atoms with Crippen LogP contribution in [0.5, 0.6) is 0 Å². The van der Waals surface area contributed by atoms with Gasteiger partial charge in [-0.05, 0) is 48.6 Å². The molecule has 31 heavy (non-hydrogen) atoms. The van der Waals surface area contributed by atoms with Gasteiger partial charge in [0.1, 0.15) is 0 Å². The number of aromatic amines is 1. The number of furan rings is 1. The van der Waals surface area contributed by atoms with Crippen LogP contribution in [0.4, 0.5) is 5.88 Å². The fourth-order valence-corrected chi connectivity index (χ4v) is 5.25. The molecule has 6 heterocycles. The molecular weight excluding hydrogens is 410 g/mol. The Balaban J connectivity index is 1.65. The summed E-state index contributed by atoms with van der Waals surface area (Å²) in [6.07, 6.45) is 7.19. The highest BCUT2D eigenvalue weighted by atomic mass is 32.1. The van der Waals surface area contributed by atoms with E-state index < -0.39 is 5.66 Å². The first-order chi connectivity index (χ1) is 15.4. The van der Waals surface area contributed by atoms with Gasteiger partial charge in [0.05, 0.1) is 40.0 Å². The Morgan fingerprint density at radius 2 is 2.10 bits per heavy atom. The summed E-state index contributed by atoms with van der Waals surface area (Å²) in [5, 5.41) is 13.4. The number of ether oxygens (including phenoxy) is 1. The van der Waals surface area contributed by atoms with Crippen LogP contribution in [0.15, 0.2) is 82.7 Å². The lowest BCUT2D eigenvalue weighted by Crippen LogP contribution is -2.52. The van der Waals surface area contributed by atoms with Gasteiger partial charge in [-0.25, -0.2) is 0 Å². The smallest absolute Gasteiger partial charge is 0.204 e. The molecule has 1 fully saturated rings. The molecule has 2 atom stereocenters. The van der Waals surface area contributed by atoms with Crippen molar-refractivity contribution in [2.75, 3.05) is 11.5 Å². The molecule has 0 aromatic carbocycles. The Labute approximate surface area is 183 Å². The molecule has 6 rings (SSSR count). The SMILES string of the molecule is c1ccc(C2(c3ccn[nH]3)NC(c3cccs3)=C(C3CCCO3)N2c2ccco2)nc1. The maximum Gasteiger partial charge on any atom is 0.204 e. The standard InChI is InChI=1S/C23H21N5O2S/c1-2-11-24-18(8-1)23(19-10-12-25-27-19)26-21(17-7-5-15-31-17)22(16-6-3-13-29-16)28(23)20-9-4-14-30-20/h1-2,4-5,7-12,14-16,26H,3,6,13H2,(H,25,27). The number of aromatic nitrogens is 3. The van der Waals surface area contributed by atoms with Crippen molar-refractivity contribution in [1.82, 2.24) is 20.5 Å². The number of hydrogen-bond acceptors (Lipinski definition) is 7. The Morgan fingerprint density at radius 3 is 2.77 bits per heavy atom. The van der Waals surface area contributed by atoms with Crippen molar-refractivity contribution < 1.29 is 9.15 Å². The van der Waals surface area contributed by atoms with Crippen molar-refractivity contribution in [2.24, 2.45) is 0 Å². The van der Waals surface area contributed by atoms with E-state index in [0.717, 1.165) is 47.1 Å². The van der Waals surface area contributed by atoms with E-state index in [9.17, 15) is 0 Å². The Hall–Kier alpha value is -3.36. The average molecular weight is 432 g/mol. The highest BCUT2D eigenvalue weighted by molar-refractivity contribution is 7.11. The number of thiophene rings is 1. The van der Waals surface area contributed by atoms with Crippen molar-refractivity contribution in [2.45, 2.75) is 24.6 Å². The predicted octanol–water partition coefficient (Wildman–Crippen LogP) is 4.32. The molecule has 2 aliphatic rings. The second-order valence-corrected chi connectivity index (χ2v) is 8.49. The zero-order valence-corrected chi connectivity index (χ0v) is 17.5. The summed E-state index contributed by atoms with van der Waals surface area (Å²) in [7, 11) is 0. The first-order valence-corrected chi connectivity index (χ1v) is 11.2. The lowest BCUT2D eigenvalue weighted by molar-refractivity contribution is 0.134. The van der Waals surface area contributed by atoms with E-state index in [1.54, 1.807) is 23.8 Å². The third-order valence-corrected chi connectivity index (χ3v) is 6.68. The fraction of sp³-hybridized carbons (Fsp3) is 0.217. The van der Waals surface area contributed by atoms with Crippen LogP contribution in [0.1, 0.15) is 29.1 Å². The minimum absolute atomic E-state index is 0.0526. The first-order valence-electron chi connectivity index (χ1n) is 10.3. The predicted molar refractivity (Wildman–Crippen MR) is 118 cm³/mol. The highest BCUT2D eigenvalue weighted by Gasteiger charge is 2.54. The zero-order valence-electron chi connectivity index (χ0n) is 16.7. The maximum absolute atomic E-state index is 6.22. The third-order valence-electron chi connectivity index (χ3n) is 5.79. The molecule has 4 aromatic heterocycles. The average Bonchev–Trinajstić information content (AvgIpc) is 3.64. The van der Waals surface area contributed by atoms with Gasteiger partial charge in [0.15, 0.2) is 0 Å². The van der Waals surface area contributed by atoms with E-state index in [1.807, 2.05) is 42.6 Å². The molecule has 0 bridgehead atoms. The van der Waals surface area contributed by atoms with Crippen LogP contribution < -0.4 is 10.2 Å². The van der Waals surface area contributed by atoms with Crippen LogP contribution in [0.2, 0.25) is 0 Å². The molecule has 0 spiro atoms. The Kier molecular flexibility index (Phi) is 4.40. The summed E-state index contributed by atoms with van der Waals surface area (Å²) in [6, 6.07) is 16.0. The van der Waals surface area contributed by atoms with Crippen molar-refractivity contribution >= 4 is 22.9 Å². The maximum atomic E-state index is 6.22. The molecule has 0 saturated carbocycles. The first kappa shape index (κ1) is 18.4. The third kappa shape index (κ3) is 2.83. The monoisotopic (exact) mass is 431 g/mol. The number of rotatable bonds is 5. The summed E-state index contributed by atoms with van der Waals surface area (Å²) in [5.74, 6) is 0.713. The largest absolute Gasteiger partial charge is 0.448 e. The van der Waals surface area contributed by atoms with Crippen molar-refractivity contribution in [3.05, 3.63) is 94.5 Å². The molecule has 1 saturated heterocycles. The molecule has 8 heteroatoms. The van der Waals surface area contributed by atoms with Gasteiger partial charge in [0, 0.05) is 25.1 Å². The minimum atomic E-state index is -0.865. The van der Waals surface area contributed by atoms with Gasteiger partial charge in [-0.2, -0.15) is 5.10 Å².